The van der Waals surface area contributed by atoms with Crippen molar-refractivity contribution in [3.63, 3.8) is 0 Å². The zero-order chi connectivity index (χ0) is 21.3. The summed E-state index contributed by atoms with van der Waals surface area (Å²) in [5.41, 5.74) is 7.18. The second-order valence-corrected chi connectivity index (χ2v) is 6.58. The third-order valence-electron chi connectivity index (χ3n) is 4.51. The van der Waals surface area contributed by atoms with Crippen LogP contribution in [0, 0.1) is 13.8 Å². The van der Waals surface area contributed by atoms with Crippen molar-refractivity contribution in [1.82, 2.24) is 19.9 Å². The summed E-state index contributed by atoms with van der Waals surface area (Å²) < 4.78 is 40.4. The van der Waals surface area contributed by atoms with Crippen LogP contribution in [0.2, 0.25) is 0 Å². The number of carbonyl (C=O) groups is 2. The summed E-state index contributed by atoms with van der Waals surface area (Å²) in [5.74, 6) is -1.23. The first-order valence-electron chi connectivity index (χ1n) is 8.64. The Labute approximate surface area is 163 Å². The number of aromatic nitrogens is 3. The van der Waals surface area contributed by atoms with E-state index in [0.717, 1.165) is 12.1 Å². The maximum absolute atomic E-state index is 13.0. The van der Waals surface area contributed by atoms with E-state index in [0.29, 0.717) is 22.5 Å². The molecule has 1 aromatic carbocycles. The lowest BCUT2D eigenvalue weighted by Gasteiger charge is -2.13. The molecule has 0 saturated carbocycles. The Morgan fingerprint density at radius 2 is 1.97 bits per heavy atom. The van der Waals surface area contributed by atoms with Gasteiger partial charge >= 0.3 is 6.18 Å². The van der Waals surface area contributed by atoms with E-state index in [2.05, 4.69) is 15.4 Å². The number of primary amides is 1. The number of benzene rings is 1. The highest BCUT2D eigenvalue weighted by atomic mass is 19.4. The number of halogens is 3. The Morgan fingerprint density at radius 1 is 1.24 bits per heavy atom. The largest absolute Gasteiger partial charge is 0.416 e. The van der Waals surface area contributed by atoms with Crippen molar-refractivity contribution in [2.24, 2.45) is 5.73 Å². The van der Waals surface area contributed by atoms with Gasteiger partial charge in [-0.25, -0.2) is 9.50 Å². The number of rotatable bonds is 5. The van der Waals surface area contributed by atoms with Crippen molar-refractivity contribution in [1.29, 1.82) is 0 Å². The highest BCUT2D eigenvalue weighted by Gasteiger charge is 2.30. The van der Waals surface area contributed by atoms with Crippen LogP contribution < -0.4 is 11.1 Å². The predicted molar refractivity (Wildman–Crippen MR) is 98.2 cm³/mol. The van der Waals surface area contributed by atoms with E-state index in [-0.39, 0.29) is 24.2 Å². The molecule has 3 N–H and O–H groups in total. The average molecular weight is 405 g/mol. The summed E-state index contributed by atoms with van der Waals surface area (Å²) in [7, 11) is 0. The minimum absolute atomic E-state index is 0.170. The maximum Gasteiger partial charge on any atom is 0.416 e. The van der Waals surface area contributed by atoms with Gasteiger partial charge in [-0.15, -0.1) is 0 Å². The highest BCUT2D eigenvalue weighted by molar-refractivity contribution is 6.01. The number of fused-ring (bicyclic) bond motifs is 1. The van der Waals surface area contributed by atoms with Gasteiger partial charge in [-0.05, 0) is 31.0 Å². The Morgan fingerprint density at radius 3 is 2.62 bits per heavy atom. The molecule has 0 aliphatic heterocycles. The molecule has 0 saturated heterocycles. The number of hydrogen-bond donors (Lipinski definition) is 2. The van der Waals surface area contributed by atoms with Gasteiger partial charge in [0.05, 0.1) is 18.3 Å². The monoisotopic (exact) mass is 405 g/mol. The summed E-state index contributed by atoms with van der Waals surface area (Å²) in [6.07, 6.45) is -2.87. The summed E-state index contributed by atoms with van der Waals surface area (Å²) in [5, 5.41) is 6.54. The highest BCUT2D eigenvalue weighted by Crippen LogP contribution is 2.30. The van der Waals surface area contributed by atoms with Gasteiger partial charge < -0.3 is 11.1 Å². The van der Waals surface area contributed by atoms with E-state index >= 15 is 0 Å². The second-order valence-electron chi connectivity index (χ2n) is 6.58. The molecule has 0 unspecified atom stereocenters. The van der Waals surface area contributed by atoms with Crippen LogP contribution in [0.4, 0.5) is 13.2 Å². The fourth-order valence-corrected chi connectivity index (χ4v) is 3.05. The van der Waals surface area contributed by atoms with E-state index in [1.807, 2.05) is 0 Å². The van der Waals surface area contributed by atoms with E-state index < -0.39 is 23.6 Å². The first kappa shape index (κ1) is 20.3. The molecule has 10 heteroatoms. The number of alkyl halides is 3. The zero-order valence-corrected chi connectivity index (χ0v) is 15.7. The van der Waals surface area contributed by atoms with Crippen LogP contribution in [-0.2, 0) is 17.4 Å². The third-order valence-corrected chi connectivity index (χ3v) is 4.51. The molecular weight excluding hydrogens is 387 g/mol. The minimum atomic E-state index is -4.42. The third kappa shape index (κ3) is 4.20. The van der Waals surface area contributed by atoms with Gasteiger partial charge in [0.1, 0.15) is 5.56 Å². The van der Waals surface area contributed by atoms with Gasteiger partial charge in [0.25, 0.3) is 5.91 Å². The van der Waals surface area contributed by atoms with Crippen LogP contribution in [0.3, 0.4) is 0 Å². The molecule has 3 aromatic rings. The Balaban J connectivity index is 1.97. The van der Waals surface area contributed by atoms with E-state index in [1.54, 1.807) is 19.9 Å². The molecule has 29 heavy (non-hydrogen) atoms. The lowest BCUT2D eigenvalue weighted by atomic mass is 10.0. The minimum Gasteiger partial charge on any atom is -0.368 e. The quantitative estimate of drug-likeness (QED) is 0.679. The molecule has 7 nitrogen and oxygen atoms in total. The van der Waals surface area contributed by atoms with Gasteiger partial charge in [0.15, 0.2) is 5.65 Å². The number of aryl methyl sites for hydroxylation is 2. The fraction of sp³-hybridized carbons (Fsp3) is 0.263. The average Bonchev–Trinajstić information content (AvgIpc) is 3.06. The van der Waals surface area contributed by atoms with Gasteiger partial charge in [0.2, 0.25) is 5.91 Å². The van der Waals surface area contributed by atoms with Crippen LogP contribution in [0.15, 0.2) is 30.5 Å². The van der Waals surface area contributed by atoms with Crippen LogP contribution in [-0.4, -0.2) is 33.0 Å². The molecule has 0 aliphatic rings. The van der Waals surface area contributed by atoms with Crippen molar-refractivity contribution >= 4 is 17.5 Å². The van der Waals surface area contributed by atoms with Gasteiger partial charge in [-0.3, -0.25) is 9.59 Å². The number of hydrogen-bond acceptors (Lipinski definition) is 4. The van der Waals surface area contributed by atoms with E-state index in [9.17, 15) is 22.8 Å². The molecule has 152 valence electrons. The van der Waals surface area contributed by atoms with Crippen LogP contribution in [0.5, 0.6) is 0 Å². The molecule has 0 bridgehead atoms. The van der Waals surface area contributed by atoms with Crippen molar-refractivity contribution in [2.45, 2.75) is 26.4 Å². The van der Waals surface area contributed by atoms with Crippen molar-refractivity contribution in [3.8, 4) is 0 Å². The van der Waals surface area contributed by atoms with E-state index in [1.165, 1.54) is 16.8 Å². The molecule has 3 rings (SSSR count). The van der Waals surface area contributed by atoms with Crippen LogP contribution >= 0.6 is 0 Å². The molecule has 2 aromatic heterocycles. The van der Waals surface area contributed by atoms with Gasteiger partial charge in [-0.2, -0.15) is 18.3 Å². The fourth-order valence-electron chi connectivity index (χ4n) is 3.05. The summed E-state index contributed by atoms with van der Waals surface area (Å²) in [6.45, 7) is 3.15. The first-order valence-corrected chi connectivity index (χ1v) is 8.64. The molecule has 0 aliphatic carbocycles. The lowest BCUT2D eigenvalue weighted by Crippen LogP contribution is -2.33. The zero-order valence-electron chi connectivity index (χ0n) is 15.7. The number of nitrogens with two attached hydrogens (primary N) is 1. The molecule has 0 radical (unpaired) electrons. The second kappa shape index (κ2) is 7.53. The van der Waals surface area contributed by atoms with Crippen molar-refractivity contribution < 1.29 is 22.8 Å². The van der Waals surface area contributed by atoms with Crippen LogP contribution in [0.25, 0.3) is 5.65 Å². The lowest BCUT2D eigenvalue weighted by molar-refractivity contribution is -0.137. The molecule has 0 atom stereocenters. The predicted octanol–water partition coefficient (Wildman–Crippen LogP) is 2.17. The van der Waals surface area contributed by atoms with Gasteiger partial charge in [0, 0.05) is 17.8 Å². The normalized spacial score (nSPS) is 11.6. The SMILES string of the molecule is Cc1nc2c(C(=O)NCC(N)=O)cnn2c(C)c1Cc1cccc(C(F)(F)F)c1. The molecule has 2 amide bonds. The van der Waals surface area contributed by atoms with E-state index in [4.69, 9.17) is 5.73 Å². The summed E-state index contributed by atoms with van der Waals surface area (Å²) >= 11 is 0. The number of nitrogens with zero attached hydrogens (tertiary/aromatic N) is 3. The first-order chi connectivity index (χ1) is 13.6. The smallest absolute Gasteiger partial charge is 0.368 e. The Hall–Kier alpha value is -3.43. The number of carbonyl (C=O) groups excluding carboxylic acids is 2. The van der Waals surface area contributed by atoms with Crippen molar-refractivity contribution in [2.75, 3.05) is 6.54 Å². The maximum atomic E-state index is 13.0. The molecule has 2 heterocycles. The molecular formula is C19H18F3N5O2. The standard InChI is InChI=1S/C19H18F3N5O2/c1-10-14(7-12-4-3-5-13(6-12)19(20,21)22)11(2)27-17(26-10)15(8-25-27)18(29)24-9-16(23)28/h3-6,8H,7,9H2,1-2H3,(H2,23,28)(H,24,29). The Bertz CT molecular complexity index is 1110. The summed E-state index contributed by atoms with van der Waals surface area (Å²) in [4.78, 5) is 27.5. The molecule has 0 spiro atoms. The Kier molecular flexibility index (Phi) is 5.27. The van der Waals surface area contributed by atoms with Gasteiger partial charge in [-0.1, -0.05) is 18.2 Å². The summed E-state index contributed by atoms with van der Waals surface area (Å²) in [6, 6.07) is 5.11. The number of nitrogens with one attached hydrogen (secondary N) is 1. The van der Waals surface area contributed by atoms with Crippen LogP contribution in [0.1, 0.15) is 38.4 Å². The van der Waals surface area contributed by atoms with Crippen molar-refractivity contribution in [3.05, 3.63) is 64.1 Å². The number of amides is 2. The molecule has 0 fully saturated rings. The topological polar surface area (TPSA) is 102 Å².